The van der Waals surface area contributed by atoms with Gasteiger partial charge in [0.25, 0.3) is 0 Å². The highest BCUT2D eigenvalue weighted by Crippen LogP contribution is 2.29. The van der Waals surface area contributed by atoms with Crippen LogP contribution in [0.2, 0.25) is 0 Å². The molecule has 0 bridgehead atoms. The van der Waals surface area contributed by atoms with Crippen molar-refractivity contribution in [1.29, 1.82) is 0 Å². The summed E-state index contributed by atoms with van der Waals surface area (Å²) in [7, 11) is 1.35. The van der Waals surface area contributed by atoms with Crippen molar-refractivity contribution < 1.29 is 13.5 Å². The fourth-order valence-corrected chi connectivity index (χ4v) is 1.50. The van der Waals surface area contributed by atoms with Crippen molar-refractivity contribution in [2.24, 2.45) is 0 Å². The van der Waals surface area contributed by atoms with E-state index in [4.69, 9.17) is 10.5 Å². The van der Waals surface area contributed by atoms with Crippen LogP contribution in [0.4, 0.5) is 14.6 Å². The van der Waals surface area contributed by atoms with Gasteiger partial charge in [-0.2, -0.15) is 0 Å². The minimum atomic E-state index is -0.701. The average molecular weight is 236 g/mol. The van der Waals surface area contributed by atoms with Gasteiger partial charge >= 0.3 is 0 Å². The van der Waals surface area contributed by atoms with Gasteiger partial charge in [-0.15, -0.1) is 0 Å². The highest BCUT2D eigenvalue weighted by atomic mass is 19.1. The molecule has 0 saturated heterocycles. The van der Waals surface area contributed by atoms with Crippen molar-refractivity contribution in [2.75, 3.05) is 12.8 Å². The Morgan fingerprint density at radius 3 is 2.29 bits per heavy atom. The van der Waals surface area contributed by atoms with Gasteiger partial charge < -0.3 is 10.5 Å². The van der Waals surface area contributed by atoms with Gasteiger partial charge in [-0.25, -0.2) is 13.8 Å². The zero-order valence-electron chi connectivity index (χ0n) is 9.08. The molecule has 0 aliphatic heterocycles. The van der Waals surface area contributed by atoms with E-state index in [1.807, 2.05) is 0 Å². The van der Waals surface area contributed by atoms with Crippen LogP contribution in [0.1, 0.15) is 0 Å². The van der Waals surface area contributed by atoms with Gasteiger partial charge in [0, 0.05) is 23.9 Å². The molecule has 0 radical (unpaired) electrons. The van der Waals surface area contributed by atoms with Gasteiger partial charge in [0.2, 0.25) is 0 Å². The molecule has 2 aromatic rings. The summed E-state index contributed by atoms with van der Waals surface area (Å²) < 4.78 is 32.2. The number of halogens is 2. The quantitative estimate of drug-likeness (QED) is 0.871. The first-order chi connectivity index (χ1) is 8.11. The largest absolute Gasteiger partial charge is 0.497 e. The summed E-state index contributed by atoms with van der Waals surface area (Å²) in [4.78, 5) is 3.79. The number of hydrogen-bond donors (Lipinski definition) is 1. The predicted molar refractivity (Wildman–Crippen MR) is 60.6 cm³/mol. The number of nitrogens with zero attached hydrogens (tertiary/aromatic N) is 1. The van der Waals surface area contributed by atoms with Gasteiger partial charge in [-0.3, -0.25) is 0 Å². The molecule has 1 aromatic heterocycles. The zero-order chi connectivity index (χ0) is 12.4. The average Bonchev–Trinajstić information content (AvgIpc) is 2.30. The van der Waals surface area contributed by atoms with Crippen LogP contribution in [-0.2, 0) is 0 Å². The maximum atomic E-state index is 13.7. The van der Waals surface area contributed by atoms with Gasteiger partial charge in [0.05, 0.1) is 12.7 Å². The number of rotatable bonds is 2. The Hall–Kier alpha value is -2.17. The molecule has 88 valence electrons. The van der Waals surface area contributed by atoms with Crippen LogP contribution in [0.5, 0.6) is 5.75 Å². The van der Waals surface area contributed by atoms with Crippen LogP contribution >= 0.6 is 0 Å². The van der Waals surface area contributed by atoms with Crippen LogP contribution in [0.3, 0.4) is 0 Å². The van der Waals surface area contributed by atoms with Crippen molar-refractivity contribution in [3.05, 3.63) is 42.1 Å². The summed E-state index contributed by atoms with van der Waals surface area (Å²) in [6, 6.07) is 5.23. The number of hydrogen-bond acceptors (Lipinski definition) is 3. The van der Waals surface area contributed by atoms with E-state index in [2.05, 4.69) is 4.98 Å². The summed E-state index contributed by atoms with van der Waals surface area (Å²) in [6.07, 6.45) is 1.32. The third-order valence-corrected chi connectivity index (χ3v) is 2.33. The Morgan fingerprint density at radius 2 is 1.82 bits per heavy atom. The van der Waals surface area contributed by atoms with Crippen molar-refractivity contribution in [3.63, 3.8) is 0 Å². The number of anilines is 1. The van der Waals surface area contributed by atoms with Gasteiger partial charge in [0.1, 0.15) is 23.2 Å². The van der Waals surface area contributed by atoms with E-state index in [1.54, 1.807) is 0 Å². The van der Waals surface area contributed by atoms with E-state index >= 15 is 0 Å². The molecule has 0 amide bonds. The number of pyridine rings is 1. The Kier molecular flexibility index (Phi) is 2.91. The summed E-state index contributed by atoms with van der Waals surface area (Å²) in [6.45, 7) is 0. The third-order valence-electron chi connectivity index (χ3n) is 2.33. The molecule has 3 nitrogen and oxygen atoms in total. The molecule has 0 atom stereocenters. The molecule has 2 N–H and O–H groups in total. The lowest BCUT2D eigenvalue weighted by Gasteiger charge is -2.07. The van der Waals surface area contributed by atoms with E-state index < -0.39 is 11.6 Å². The van der Waals surface area contributed by atoms with E-state index in [0.717, 1.165) is 12.1 Å². The van der Waals surface area contributed by atoms with Crippen LogP contribution in [0.15, 0.2) is 30.5 Å². The molecular weight excluding hydrogens is 226 g/mol. The molecule has 1 heterocycles. The summed E-state index contributed by atoms with van der Waals surface area (Å²) in [5, 5.41) is 0. The smallest absolute Gasteiger partial charge is 0.137 e. The maximum Gasteiger partial charge on any atom is 0.137 e. The van der Waals surface area contributed by atoms with Gasteiger partial charge in [-0.1, -0.05) is 0 Å². The molecule has 5 heteroatoms. The molecule has 0 aliphatic carbocycles. The number of benzene rings is 1. The number of ether oxygens (including phenoxy) is 1. The zero-order valence-corrected chi connectivity index (χ0v) is 9.08. The van der Waals surface area contributed by atoms with Crippen LogP contribution in [-0.4, -0.2) is 12.1 Å². The lowest BCUT2D eigenvalue weighted by molar-refractivity contribution is 0.407. The fraction of sp³-hybridized carbons (Fsp3) is 0.0833. The molecule has 0 saturated carbocycles. The number of nitrogen functional groups attached to an aromatic ring is 1. The van der Waals surface area contributed by atoms with Gasteiger partial charge in [-0.05, 0) is 12.1 Å². The molecule has 1 aromatic carbocycles. The highest BCUT2D eigenvalue weighted by molar-refractivity contribution is 5.65. The Bertz CT molecular complexity index is 518. The second-order valence-electron chi connectivity index (χ2n) is 3.44. The Morgan fingerprint density at radius 1 is 1.18 bits per heavy atom. The monoisotopic (exact) mass is 236 g/mol. The fourth-order valence-electron chi connectivity index (χ4n) is 1.50. The molecule has 2 rings (SSSR count). The van der Waals surface area contributed by atoms with E-state index in [1.165, 1.54) is 25.4 Å². The SMILES string of the molecule is COc1cc(F)c(-c2ccc(N)nc2)c(F)c1. The first-order valence-electron chi connectivity index (χ1n) is 4.86. The number of aromatic nitrogens is 1. The van der Waals surface area contributed by atoms with Crippen LogP contribution in [0, 0.1) is 11.6 Å². The molecular formula is C12H10F2N2O. The minimum absolute atomic E-state index is 0.132. The number of methoxy groups -OCH3 is 1. The second-order valence-corrected chi connectivity index (χ2v) is 3.44. The topological polar surface area (TPSA) is 48.1 Å². The van der Waals surface area contributed by atoms with E-state index in [0.29, 0.717) is 11.4 Å². The van der Waals surface area contributed by atoms with E-state index in [-0.39, 0.29) is 11.3 Å². The van der Waals surface area contributed by atoms with Gasteiger partial charge in [0.15, 0.2) is 0 Å². The van der Waals surface area contributed by atoms with Crippen LogP contribution in [0.25, 0.3) is 11.1 Å². The Labute approximate surface area is 96.9 Å². The third kappa shape index (κ3) is 2.18. The van der Waals surface area contributed by atoms with Crippen molar-refractivity contribution >= 4 is 5.82 Å². The van der Waals surface area contributed by atoms with Crippen molar-refractivity contribution in [1.82, 2.24) is 4.98 Å². The lowest BCUT2D eigenvalue weighted by atomic mass is 10.1. The molecule has 0 aliphatic rings. The second kappa shape index (κ2) is 4.37. The predicted octanol–water partition coefficient (Wildman–Crippen LogP) is 2.62. The maximum absolute atomic E-state index is 13.7. The standard InChI is InChI=1S/C12H10F2N2O/c1-17-8-4-9(13)12(10(14)5-8)7-2-3-11(15)16-6-7/h2-6H,1H3,(H2,15,16). The summed E-state index contributed by atoms with van der Waals surface area (Å²) in [5.41, 5.74) is 5.60. The summed E-state index contributed by atoms with van der Waals surface area (Å²) >= 11 is 0. The highest BCUT2D eigenvalue weighted by Gasteiger charge is 2.13. The normalized spacial score (nSPS) is 10.3. The molecule has 0 spiro atoms. The summed E-state index contributed by atoms with van der Waals surface area (Å²) in [5.74, 6) is -0.975. The molecule has 0 unspecified atom stereocenters. The first-order valence-corrected chi connectivity index (χ1v) is 4.86. The molecule has 17 heavy (non-hydrogen) atoms. The Balaban J connectivity index is 2.55. The number of nitrogens with two attached hydrogens (primary N) is 1. The minimum Gasteiger partial charge on any atom is -0.497 e. The van der Waals surface area contributed by atoms with Crippen LogP contribution < -0.4 is 10.5 Å². The first kappa shape index (κ1) is 11.3. The lowest BCUT2D eigenvalue weighted by Crippen LogP contribution is -1.95. The van der Waals surface area contributed by atoms with Crippen molar-refractivity contribution in [3.8, 4) is 16.9 Å². The van der Waals surface area contributed by atoms with E-state index in [9.17, 15) is 8.78 Å². The van der Waals surface area contributed by atoms with Crippen molar-refractivity contribution in [2.45, 2.75) is 0 Å². The molecule has 0 fully saturated rings.